The number of hydrogen-bond acceptors (Lipinski definition) is 6. The van der Waals surface area contributed by atoms with Crippen LogP contribution in [0.4, 0.5) is 9.18 Å². The van der Waals surface area contributed by atoms with E-state index in [0.717, 1.165) is 30.2 Å². The summed E-state index contributed by atoms with van der Waals surface area (Å²) in [5, 5.41) is 0. The number of Topliss-reactive ketones (excluding diaryl/α,β-unsaturated/α-hetero) is 1. The molecule has 9 heteroatoms. The minimum atomic E-state index is -0.883. The first kappa shape index (κ1) is 20.8. The van der Waals surface area contributed by atoms with Crippen LogP contribution >= 0.6 is 0 Å². The molecule has 2 fully saturated rings. The molecule has 0 unspecified atom stereocenters. The molecule has 0 bridgehead atoms. The van der Waals surface area contributed by atoms with E-state index in [0.29, 0.717) is 12.8 Å². The third-order valence-electron chi connectivity index (χ3n) is 5.61. The number of ether oxygens (including phenoxy) is 2. The van der Waals surface area contributed by atoms with Crippen molar-refractivity contribution < 1.29 is 33.0 Å². The average Bonchev–Trinajstić information content (AvgIpc) is 2.89. The molecular formula is C20H23FN2O6. The Balaban J connectivity index is 1.59. The average molecular weight is 406 g/mol. The molecule has 0 atom stereocenters. The SMILES string of the molecule is COc1ccc(C(=O)COC(=O)CN2C(=O)N(C)C3(CCCCC3)C2=O)cc1F. The summed E-state index contributed by atoms with van der Waals surface area (Å²) in [6.07, 6.45) is 3.83. The Hall–Kier alpha value is -2.97. The van der Waals surface area contributed by atoms with Crippen LogP contribution in [0.3, 0.4) is 0 Å². The molecule has 3 rings (SSSR count). The quantitative estimate of drug-likeness (QED) is 0.408. The van der Waals surface area contributed by atoms with Crippen LogP contribution in [0.2, 0.25) is 0 Å². The van der Waals surface area contributed by atoms with Crippen LogP contribution in [-0.4, -0.2) is 66.3 Å². The number of benzene rings is 1. The number of carbonyl (C=O) groups is 4. The summed E-state index contributed by atoms with van der Waals surface area (Å²) < 4.78 is 23.4. The van der Waals surface area contributed by atoms with E-state index in [2.05, 4.69) is 0 Å². The fourth-order valence-electron chi connectivity index (χ4n) is 3.92. The van der Waals surface area contributed by atoms with E-state index in [9.17, 15) is 23.6 Å². The van der Waals surface area contributed by atoms with Crippen molar-refractivity contribution >= 4 is 23.7 Å². The number of ketones is 1. The Morgan fingerprint density at radius 3 is 2.48 bits per heavy atom. The largest absolute Gasteiger partial charge is 0.494 e. The number of nitrogens with zero attached hydrogens (tertiary/aromatic N) is 2. The Morgan fingerprint density at radius 2 is 1.86 bits per heavy atom. The molecule has 1 saturated carbocycles. The first-order valence-electron chi connectivity index (χ1n) is 9.42. The van der Waals surface area contributed by atoms with Gasteiger partial charge in [-0.05, 0) is 31.0 Å². The number of rotatable bonds is 6. The lowest BCUT2D eigenvalue weighted by Crippen LogP contribution is -2.49. The first-order chi connectivity index (χ1) is 13.8. The highest BCUT2D eigenvalue weighted by molar-refractivity contribution is 6.08. The van der Waals surface area contributed by atoms with Gasteiger partial charge in [0.2, 0.25) is 0 Å². The Bertz CT molecular complexity index is 849. The predicted octanol–water partition coefficient (Wildman–Crippen LogP) is 2.16. The highest BCUT2D eigenvalue weighted by Gasteiger charge is 2.55. The van der Waals surface area contributed by atoms with E-state index < -0.39 is 48.2 Å². The predicted molar refractivity (Wildman–Crippen MR) is 98.9 cm³/mol. The summed E-state index contributed by atoms with van der Waals surface area (Å²) in [4.78, 5) is 51.9. The molecule has 1 aliphatic carbocycles. The van der Waals surface area contributed by atoms with Crippen molar-refractivity contribution in [2.45, 2.75) is 37.6 Å². The van der Waals surface area contributed by atoms with Gasteiger partial charge in [-0.25, -0.2) is 9.18 Å². The number of hydrogen-bond donors (Lipinski definition) is 0. The zero-order chi connectivity index (χ0) is 21.2. The number of urea groups is 1. The molecule has 1 aromatic rings. The van der Waals surface area contributed by atoms with Gasteiger partial charge >= 0.3 is 12.0 Å². The van der Waals surface area contributed by atoms with E-state index in [4.69, 9.17) is 9.47 Å². The standard InChI is InChI=1S/C20H23FN2O6/c1-22-19(27)23(18(26)20(22)8-4-3-5-9-20)11-17(25)29-12-15(24)13-6-7-16(28-2)14(21)10-13/h6-7,10H,3-5,8-9,11-12H2,1-2H3. The van der Waals surface area contributed by atoms with E-state index in [1.54, 1.807) is 7.05 Å². The smallest absolute Gasteiger partial charge is 0.327 e. The minimum absolute atomic E-state index is 0.00892. The lowest BCUT2D eigenvalue weighted by molar-refractivity contribution is -0.147. The Labute approximate surface area is 167 Å². The number of amides is 3. The lowest BCUT2D eigenvalue weighted by atomic mass is 9.81. The van der Waals surface area contributed by atoms with E-state index in [1.807, 2.05) is 0 Å². The minimum Gasteiger partial charge on any atom is -0.494 e. The number of esters is 1. The van der Waals surface area contributed by atoms with Crippen LogP contribution in [0, 0.1) is 5.82 Å². The lowest BCUT2D eigenvalue weighted by Gasteiger charge is -2.35. The molecular weight excluding hydrogens is 383 g/mol. The first-order valence-corrected chi connectivity index (χ1v) is 9.42. The second-order valence-electron chi connectivity index (χ2n) is 7.26. The number of likely N-dealkylation sites (N-methyl/N-ethyl adjacent to an activating group) is 1. The highest BCUT2D eigenvalue weighted by Crippen LogP contribution is 2.39. The van der Waals surface area contributed by atoms with Crippen molar-refractivity contribution in [1.82, 2.24) is 9.80 Å². The maximum Gasteiger partial charge on any atom is 0.327 e. The van der Waals surface area contributed by atoms with E-state index in [1.165, 1.54) is 24.1 Å². The maximum atomic E-state index is 13.7. The molecule has 2 aliphatic rings. The van der Waals surface area contributed by atoms with Crippen molar-refractivity contribution in [3.63, 3.8) is 0 Å². The zero-order valence-corrected chi connectivity index (χ0v) is 16.4. The second kappa shape index (κ2) is 8.18. The molecule has 0 N–H and O–H groups in total. The van der Waals surface area contributed by atoms with Crippen molar-refractivity contribution in [2.75, 3.05) is 27.3 Å². The molecule has 1 spiro atoms. The summed E-state index contributed by atoms with van der Waals surface area (Å²) in [6.45, 7) is -1.18. The van der Waals surface area contributed by atoms with Gasteiger partial charge in [0.1, 0.15) is 12.1 Å². The number of methoxy groups -OCH3 is 1. The Kier molecular flexibility index (Phi) is 5.86. The number of carbonyl (C=O) groups excluding carboxylic acids is 4. The molecule has 156 valence electrons. The third-order valence-corrected chi connectivity index (χ3v) is 5.61. The maximum absolute atomic E-state index is 13.7. The summed E-state index contributed by atoms with van der Waals surface area (Å²) in [5.41, 5.74) is -0.864. The molecule has 1 aromatic carbocycles. The number of halogens is 1. The van der Waals surface area contributed by atoms with Gasteiger partial charge in [0.25, 0.3) is 5.91 Å². The number of imide groups is 1. The van der Waals surface area contributed by atoms with Crippen molar-refractivity contribution in [3.05, 3.63) is 29.6 Å². The van der Waals surface area contributed by atoms with Crippen LogP contribution in [0.5, 0.6) is 5.75 Å². The van der Waals surface area contributed by atoms with Crippen LogP contribution < -0.4 is 4.74 Å². The highest BCUT2D eigenvalue weighted by atomic mass is 19.1. The van der Waals surface area contributed by atoms with Gasteiger partial charge in [0.15, 0.2) is 24.0 Å². The van der Waals surface area contributed by atoms with Gasteiger partial charge in [-0.1, -0.05) is 19.3 Å². The molecule has 1 heterocycles. The summed E-state index contributed by atoms with van der Waals surface area (Å²) in [7, 11) is 2.87. The van der Waals surface area contributed by atoms with Crippen molar-refractivity contribution in [2.24, 2.45) is 0 Å². The fourth-order valence-corrected chi connectivity index (χ4v) is 3.92. The van der Waals surface area contributed by atoms with E-state index >= 15 is 0 Å². The van der Waals surface area contributed by atoms with Gasteiger partial charge in [-0.3, -0.25) is 19.3 Å². The summed E-state index contributed by atoms with van der Waals surface area (Å²) in [5.74, 6) is -2.61. The molecule has 1 saturated heterocycles. The normalized spacial score (nSPS) is 18.3. The summed E-state index contributed by atoms with van der Waals surface area (Å²) >= 11 is 0. The van der Waals surface area contributed by atoms with Crippen LogP contribution in [0.15, 0.2) is 18.2 Å². The monoisotopic (exact) mass is 406 g/mol. The van der Waals surface area contributed by atoms with Gasteiger partial charge < -0.3 is 14.4 Å². The van der Waals surface area contributed by atoms with Gasteiger partial charge in [-0.15, -0.1) is 0 Å². The van der Waals surface area contributed by atoms with Crippen molar-refractivity contribution in [3.8, 4) is 5.75 Å². The summed E-state index contributed by atoms with van der Waals surface area (Å²) in [6, 6.07) is 3.10. The molecule has 0 aromatic heterocycles. The fraction of sp³-hybridized carbons (Fsp3) is 0.500. The van der Waals surface area contributed by atoms with Crippen LogP contribution in [-0.2, 0) is 14.3 Å². The zero-order valence-electron chi connectivity index (χ0n) is 16.4. The molecule has 8 nitrogen and oxygen atoms in total. The molecule has 3 amide bonds. The Morgan fingerprint density at radius 1 is 1.17 bits per heavy atom. The van der Waals surface area contributed by atoms with Crippen LogP contribution in [0.25, 0.3) is 0 Å². The molecule has 29 heavy (non-hydrogen) atoms. The second-order valence-corrected chi connectivity index (χ2v) is 7.26. The van der Waals surface area contributed by atoms with Gasteiger partial charge in [-0.2, -0.15) is 0 Å². The van der Waals surface area contributed by atoms with Crippen LogP contribution in [0.1, 0.15) is 42.5 Å². The molecule has 0 radical (unpaired) electrons. The van der Waals surface area contributed by atoms with Crippen molar-refractivity contribution in [1.29, 1.82) is 0 Å². The third kappa shape index (κ3) is 3.81. The van der Waals surface area contributed by atoms with Gasteiger partial charge in [0.05, 0.1) is 7.11 Å². The topological polar surface area (TPSA) is 93.2 Å². The van der Waals surface area contributed by atoms with Gasteiger partial charge in [0, 0.05) is 12.6 Å². The van der Waals surface area contributed by atoms with E-state index in [-0.39, 0.29) is 11.3 Å². The molecule has 1 aliphatic heterocycles.